The number of ether oxygens (including phenoxy) is 4. The van der Waals surface area contributed by atoms with Crippen molar-refractivity contribution in [2.45, 2.75) is 84.0 Å². The number of aliphatic hydroxyl groups is 2. The lowest BCUT2D eigenvalue weighted by Gasteiger charge is -2.46. The minimum atomic E-state index is -1.09. The van der Waals surface area contributed by atoms with E-state index in [1.165, 1.54) is 22.7 Å². The first kappa shape index (κ1) is 31.3. The summed E-state index contributed by atoms with van der Waals surface area (Å²) in [5.41, 5.74) is 0.104. The lowest BCUT2D eigenvalue weighted by atomic mass is 9.87. The molecule has 1 atom stereocenters. The zero-order valence-electron chi connectivity index (χ0n) is 26.6. The molecule has 5 rings (SSSR count). The summed E-state index contributed by atoms with van der Waals surface area (Å²) in [6.45, 7) is 11.8. The van der Waals surface area contributed by atoms with E-state index in [1.54, 1.807) is 18.0 Å². The minimum absolute atomic E-state index is 0.0374. The molecule has 0 bridgehead atoms. The van der Waals surface area contributed by atoms with Gasteiger partial charge in [-0.2, -0.15) is 0 Å². The molecule has 0 spiro atoms. The predicted molar refractivity (Wildman–Crippen MR) is 165 cm³/mol. The third-order valence-corrected chi connectivity index (χ3v) is 8.16. The van der Waals surface area contributed by atoms with E-state index in [4.69, 9.17) is 18.9 Å². The Balaban J connectivity index is 1.63. The number of allylic oxidation sites excluding steroid dienone is 1. The molecule has 3 aliphatic rings. The Morgan fingerprint density at radius 2 is 1.98 bits per heavy atom. The highest BCUT2D eigenvalue weighted by molar-refractivity contribution is 5.99. The summed E-state index contributed by atoms with van der Waals surface area (Å²) in [4.78, 5) is 30.9. The van der Waals surface area contributed by atoms with Crippen LogP contribution in [0.1, 0.15) is 71.9 Å². The van der Waals surface area contributed by atoms with Crippen LogP contribution in [-0.2, 0) is 25.4 Å². The van der Waals surface area contributed by atoms with Gasteiger partial charge in [0.1, 0.15) is 29.2 Å². The lowest BCUT2D eigenvalue weighted by molar-refractivity contribution is -0.149. The average molecular weight is 610 g/mol. The van der Waals surface area contributed by atoms with Crippen LogP contribution in [0, 0.1) is 0 Å². The largest absolute Gasteiger partial charge is 0.493 e. The van der Waals surface area contributed by atoms with Crippen LogP contribution in [-0.4, -0.2) is 80.3 Å². The van der Waals surface area contributed by atoms with Gasteiger partial charge >= 0.3 is 6.09 Å². The summed E-state index contributed by atoms with van der Waals surface area (Å²) < 4.78 is 24.1. The Morgan fingerprint density at radius 1 is 1.23 bits per heavy atom. The van der Waals surface area contributed by atoms with Crippen LogP contribution in [0.4, 0.5) is 4.79 Å². The monoisotopic (exact) mass is 609 g/mol. The molecule has 0 radical (unpaired) electrons. The SMILES string of the molecule is CCO/C(O)=C/C[C@@]12CCCN1C(O)=C(Cc1cn(C(=O)OC(C)(C)C)c3c4c(ccc13)OC(C)(C)C=C4)N(COC)C2=O. The van der Waals surface area contributed by atoms with Crippen molar-refractivity contribution in [2.24, 2.45) is 0 Å². The molecule has 11 heteroatoms. The lowest BCUT2D eigenvalue weighted by Crippen LogP contribution is -2.60. The second kappa shape index (κ2) is 11.4. The van der Waals surface area contributed by atoms with Crippen LogP contribution in [0.15, 0.2) is 48.0 Å². The van der Waals surface area contributed by atoms with Gasteiger partial charge in [-0.15, -0.1) is 0 Å². The first-order valence-electron chi connectivity index (χ1n) is 15.0. The molecule has 238 valence electrons. The number of carbonyl (C=O) groups excluding carboxylic acids is 2. The highest BCUT2D eigenvalue weighted by Gasteiger charge is 2.54. The number of carbonyl (C=O) groups is 2. The van der Waals surface area contributed by atoms with Crippen molar-refractivity contribution in [3.8, 4) is 5.75 Å². The summed E-state index contributed by atoms with van der Waals surface area (Å²) in [6, 6.07) is 3.77. The first-order chi connectivity index (χ1) is 20.7. The van der Waals surface area contributed by atoms with E-state index in [0.29, 0.717) is 41.9 Å². The van der Waals surface area contributed by atoms with Crippen molar-refractivity contribution >= 4 is 29.0 Å². The number of nitrogens with zero attached hydrogens (tertiary/aromatic N) is 3. The number of hydrogen-bond donors (Lipinski definition) is 2. The van der Waals surface area contributed by atoms with Gasteiger partial charge in [0.25, 0.3) is 11.9 Å². The Bertz CT molecular complexity index is 1560. The number of methoxy groups -OCH3 is 1. The molecule has 11 nitrogen and oxygen atoms in total. The maximum Gasteiger partial charge on any atom is 0.419 e. The van der Waals surface area contributed by atoms with Gasteiger partial charge in [0.15, 0.2) is 0 Å². The fourth-order valence-electron chi connectivity index (χ4n) is 6.29. The Labute approximate surface area is 257 Å². The van der Waals surface area contributed by atoms with E-state index in [1.807, 2.05) is 58.9 Å². The van der Waals surface area contributed by atoms with E-state index in [9.17, 15) is 19.8 Å². The molecule has 1 aromatic carbocycles. The van der Waals surface area contributed by atoms with Crippen molar-refractivity contribution < 1.29 is 38.7 Å². The van der Waals surface area contributed by atoms with E-state index in [-0.39, 0.29) is 43.9 Å². The molecule has 1 amide bonds. The molecule has 2 N–H and O–H groups in total. The molecular weight excluding hydrogens is 566 g/mol. The number of fused-ring (bicyclic) bond motifs is 4. The number of aromatic nitrogens is 1. The fourth-order valence-corrected chi connectivity index (χ4v) is 6.29. The minimum Gasteiger partial charge on any atom is -0.493 e. The van der Waals surface area contributed by atoms with Gasteiger partial charge in [-0.3, -0.25) is 14.3 Å². The van der Waals surface area contributed by atoms with E-state index in [0.717, 1.165) is 10.9 Å². The van der Waals surface area contributed by atoms with Crippen molar-refractivity contribution in [3.05, 3.63) is 59.1 Å². The van der Waals surface area contributed by atoms with E-state index >= 15 is 0 Å². The van der Waals surface area contributed by atoms with Gasteiger partial charge in [-0.05, 0) is 90.3 Å². The zero-order valence-corrected chi connectivity index (χ0v) is 26.6. The maximum atomic E-state index is 14.2. The fraction of sp³-hybridized carbons (Fsp3) is 0.515. The summed E-state index contributed by atoms with van der Waals surface area (Å²) in [5.74, 6) is 0.107. The quantitative estimate of drug-likeness (QED) is 0.348. The number of amides is 1. The van der Waals surface area contributed by atoms with Crippen LogP contribution in [0.2, 0.25) is 0 Å². The van der Waals surface area contributed by atoms with Crippen molar-refractivity contribution in [2.75, 3.05) is 27.0 Å². The molecule has 44 heavy (non-hydrogen) atoms. The van der Waals surface area contributed by atoms with Gasteiger partial charge in [0, 0.05) is 43.6 Å². The zero-order chi connectivity index (χ0) is 32.0. The molecule has 0 saturated carbocycles. The van der Waals surface area contributed by atoms with E-state index in [2.05, 4.69) is 0 Å². The highest BCUT2D eigenvalue weighted by Crippen LogP contribution is 2.44. The topological polar surface area (TPSA) is 123 Å². The molecule has 3 aliphatic heterocycles. The van der Waals surface area contributed by atoms with Crippen LogP contribution in [0.5, 0.6) is 5.75 Å². The second-order valence-electron chi connectivity index (χ2n) is 13.0. The van der Waals surface area contributed by atoms with Crippen LogP contribution in [0.25, 0.3) is 17.0 Å². The van der Waals surface area contributed by atoms with Crippen LogP contribution < -0.4 is 4.74 Å². The Kier molecular flexibility index (Phi) is 8.13. The number of hydrogen-bond acceptors (Lipinski definition) is 9. The molecular formula is C33H43N3O8. The Morgan fingerprint density at radius 3 is 2.66 bits per heavy atom. The summed E-state index contributed by atoms with van der Waals surface area (Å²) >= 11 is 0. The van der Waals surface area contributed by atoms with Gasteiger partial charge in [0.05, 0.1) is 17.8 Å². The van der Waals surface area contributed by atoms with E-state index < -0.39 is 22.8 Å². The maximum absolute atomic E-state index is 14.2. The molecule has 1 aromatic heterocycles. The summed E-state index contributed by atoms with van der Waals surface area (Å²) in [7, 11) is 1.49. The van der Waals surface area contributed by atoms with Gasteiger partial charge in [-0.25, -0.2) is 4.79 Å². The summed E-state index contributed by atoms with van der Waals surface area (Å²) in [6.07, 6.45) is 8.00. The van der Waals surface area contributed by atoms with Crippen molar-refractivity contribution in [1.82, 2.24) is 14.4 Å². The normalized spacial score (nSPS) is 21.4. The molecule has 0 unspecified atom stereocenters. The van der Waals surface area contributed by atoms with Crippen molar-refractivity contribution in [1.29, 1.82) is 0 Å². The second-order valence-corrected chi connectivity index (χ2v) is 13.0. The van der Waals surface area contributed by atoms with Gasteiger partial charge in [0.2, 0.25) is 5.88 Å². The molecule has 2 aromatic rings. The molecule has 0 aliphatic carbocycles. The third-order valence-electron chi connectivity index (χ3n) is 8.16. The Hall–Kier alpha value is -4.12. The first-order valence-corrected chi connectivity index (χ1v) is 15.0. The smallest absolute Gasteiger partial charge is 0.419 e. The highest BCUT2D eigenvalue weighted by atomic mass is 16.6. The van der Waals surface area contributed by atoms with Gasteiger partial charge in [-0.1, -0.05) is 0 Å². The molecule has 4 heterocycles. The summed E-state index contributed by atoms with van der Waals surface area (Å²) in [5, 5.41) is 22.6. The number of aliphatic hydroxyl groups excluding tert-OH is 2. The van der Waals surface area contributed by atoms with Gasteiger partial charge < -0.3 is 34.1 Å². The van der Waals surface area contributed by atoms with Crippen molar-refractivity contribution in [3.63, 3.8) is 0 Å². The van der Waals surface area contributed by atoms with Crippen LogP contribution >= 0.6 is 0 Å². The number of benzene rings is 1. The third kappa shape index (κ3) is 5.60. The number of rotatable bonds is 8. The molecule has 1 saturated heterocycles. The standard InChI is InChI=1S/C33H43N3O8/c1-8-42-26(37)13-16-33-14-9-17-36(33)28(38)24(35(20-41-7)29(33)39)18-21-19-34(30(40)44-31(2,3)4)27-22(21)10-11-25-23(27)12-15-32(5,6)43-25/h10-13,15,19,37-38H,8-9,14,16-18,20H2,1-7H3/b26-13+/t33-/m1/s1. The average Bonchev–Trinajstić information content (AvgIpc) is 3.54. The predicted octanol–water partition coefficient (Wildman–Crippen LogP) is 5.99. The van der Waals surface area contributed by atoms with Crippen LogP contribution in [0.3, 0.4) is 0 Å². The molecule has 1 fully saturated rings.